The molecule has 1 aromatic carbocycles. The number of pyridine rings is 1. The second-order valence-electron chi connectivity index (χ2n) is 8.55. The largest absolute Gasteiger partial charge is 0.508 e. The van der Waals surface area contributed by atoms with Gasteiger partial charge in [0.25, 0.3) is 0 Å². The van der Waals surface area contributed by atoms with E-state index in [4.69, 9.17) is 15.5 Å². The summed E-state index contributed by atoms with van der Waals surface area (Å²) >= 11 is 0. The van der Waals surface area contributed by atoms with Crippen LogP contribution in [0.25, 0.3) is 10.9 Å². The highest BCUT2D eigenvalue weighted by Crippen LogP contribution is 2.38. The van der Waals surface area contributed by atoms with E-state index < -0.39 is 0 Å². The zero-order chi connectivity index (χ0) is 21.6. The highest BCUT2D eigenvalue weighted by Gasteiger charge is 2.32. The summed E-state index contributed by atoms with van der Waals surface area (Å²) in [6, 6.07) is 5.40. The molecule has 0 aliphatic carbocycles. The molecule has 0 bridgehead atoms. The molecule has 0 unspecified atom stereocenters. The molecule has 0 saturated carbocycles. The van der Waals surface area contributed by atoms with Gasteiger partial charge in [0, 0.05) is 36.8 Å². The van der Waals surface area contributed by atoms with Crippen molar-refractivity contribution in [3.63, 3.8) is 0 Å². The number of aromatic nitrogens is 3. The van der Waals surface area contributed by atoms with Crippen LogP contribution >= 0.6 is 0 Å². The molecule has 3 N–H and O–H groups in total. The minimum Gasteiger partial charge on any atom is -0.508 e. The van der Waals surface area contributed by atoms with E-state index in [0.29, 0.717) is 33.9 Å². The zero-order valence-electron chi connectivity index (χ0n) is 18.1. The maximum Gasteiger partial charge on any atom is 0.234 e. The number of nitrogen functional groups attached to an aromatic ring is 1. The Morgan fingerprint density at radius 3 is 2.67 bits per heavy atom. The van der Waals surface area contributed by atoms with E-state index in [2.05, 4.69) is 40.7 Å². The summed E-state index contributed by atoms with van der Waals surface area (Å²) in [5.41, 5.74) is 8.39. The third-order valence-corrected chi connectivity index (χ3v) is 6.02. The number of hydrogen-bond acceptors (Lipinski definition) is 8. The summed E-state index contributed by atoms with van der Waals surface area (Å²) in [7, 11) is 2.14. The SMILES string of the molecule is Cc1ccc(O)c(C)c1Oc1nc(N2CCN(C)C(C)(C)C2)cc2ncnc(N)c12. The van der Waals surface area contributed by atoms with Crippen molar-refractivity contribution in [3.8, 4) is 17.4 Å². The number of benzene rings is 1. The van der Waals surface area contributed by atoms with Crippen LogP contribution in [-0.4, -0.2) is 57.2 Å². The van der Waals surface area contributed by atoms with Gasteiger partial charge < -0.3 is 20.5 Å². The number of aryl methyl sites for hydroxylation is 1. The van der Waals surface area contributed by atoms with E-state index in [0.717, 1.165) is 31.0 Å². The van der Waals surface area contributed by atoms with Crippen molar-refractivity contribution in [1.29, 1.82) is 0 Å². The number of nitrogens with zero attached hydrogens (tertiary/aromatic N) is 5. The Morgan fingerprint density at radius 2 is 1.93 bits per heavy atom. The maximum atomic E-state index is 10.1. The van der Waals surface area contributed by atoms with Gasteiger partial charge >= 0.3 is 0 Å². The van der Waals surface area contributed by atoms with Crippen LogP contribution in [0.15, 0.2) is 24.5 Å². The van der Waals surface area contributed by atoms with Gasteiger partial charge in [-0.1, -0.05) is 6.07 Å². The number of aromatic hydroxyl groups is 1. The predicted molar refractivity (Wildman–Crippen MR) is 118 cm³/mol. The molecule has 3 heterocycles. The van der Waals surface area contributed by atoms with Crippen LogP contribution in [0, 0.1) is 13.8 Å². The zero-order valence-corrected chi connectivity index (χ0v) is 18.1. The molecule has 0 spiro atoms. The molecule has 8 heteroatoms. The van der Waals surface area contributed by atoms with Gasteiger partial charge in [-0.3, -0.25) is 4.90 Å². The normalized spacial score (nSPS) is 16.8. The lowest BCUT2D eigenvalue weighted by Crippen LogP contribution is -2.57. The average Bonchev–Trinajstić information content (AvgIpc) is 2.70. The van der Waals surface area contributed by atoms with Gasteiger partial charge in [-0.25, -0.2) is 9.97 Å². The lowest BCUT2D eigenvalue weighted by Gasteiger charge is -2.45. The molecular weight excluding hydrogens is 380 g/mol. The Balaban J connectivity index is 1.84. The maximum absolute atomic E-state index is 10.1. The number of piperazine rings is 1. The molecule has 0 atom stereocenters. The van der Waals surface area contributed by atoms with Crippen molar-refractivity contribution < 1.29 is 9.84 Å². The monoisotopic (exact) mass is 408 g/mol. The summed E-state index contributed by atoms with van der Waals surface area (Å²) in [5, 5.41) is 10.7. The van der Waals surface area contributed by atoms with E-state index in [-0.39, 0.29) is 11.3 Å². The van der Waals surface area contributed by atoms with Gasteiger partial charge in [0.05, 0.1) is 5.52 Å². The fourth-order valence-corrected chi connectivity index (χ4v) is 3.80. The lowest BCUT2D eigenvalue weighted by atomic mass is 10.00. The molecule has 3 aromatic rings. The minimum absolute atomic E-state index is 0.0129. The Labute approximate surface area is 176 Å². The van der Waals surface area contributed by atoms with Gasteiger partial charge in [-0.05, 0) is 46.4 Å². The number of phenols is 1. The van der Waals surface area contributed by atoms with Gasteiger partial charge in [0.1, 0.15) is 34.8 Å². The second-order valence-corrected chi connectivity index (χ2v) is 8.55. The van der Waals surface area contributed by atoms with Gasteiger partial charge in [0.15, 0.2) is 0 Å². The van der Waals surface area contributed by atoms with Crippen molar-refractivity contribution >= 4 is 22.5 Å². The highest BCUT2D eigenvalue weighted by molar-refractivity contribution is 5.94. The fraction of sp³-hybridized carbons (Fsp3) is 0.409. The third-order valence-electron chi connectivity index (χ3n) is 6.02. The van der Waals surface area contributed by atoms with Crippen molar-refractivity contribution in [2.45, 2.75) is 33.2 Å². The van der Waals surface area contributed by atoms with Crippen LogP contribution < -0.4 is 15.4 Å². The first-order valence-electron chi connectivity index (χ1n) is 10.0. The predicted octanol–water partition coefficient (Wildman–Crippen LogP) is 3.25. The van der Waals surface area contributed by atoms with Crippen LogP contribution in [-0.2, 0) is 0 Å². The van der Waals surface area contributed by atoms with E-state index in [9.17, 15) is 5.11 Å². The van der Waals surface area contributed by atoms with E-state index in [1.807, 2.05) is 26.0 Å². The summed E-state index contributed by atoms with van der Waals surface area (Å²) in [5.74, 6) is 2.16. The first-order chi connectivity index (χ1) is 14.2. The van der Waals surface area contributed by atoms with Gasteiger partial charge in [0.2, 0.25) is 5.88 Å². The lowest BCUT2D eigenvalue weighted by molar-refractivity contribution is 0.138. The van der Waals surface area contributed by atoms with Crippen molar-refractivity contribution in [2.24, 2.45) is 0 Å². The molecule has 1 fully saturated rings. The van der Waals surface area contributed by atoms with Gasteiger partial charge in [-0.15, -0.1) is 0 Å². The van der Waals surface area contributed by atoms with E-state index in [1.165, 1.54) is 6.33 Å². The molecule has 0 radical (unpaired) electrons. The molecule has 8 nitrogen and oxygen atoms in total. The molecular formula is C22H28N6O2. The Morgan fingerprint density at radius 1 is 1.17 bits per heavy atom. The molecule has 4 rings (SSSR count). The number of phenolic OH excluding ortho intramolecular Hbond substituents is 1. The Kier molecular flexibility index (Phi) is 4.89. The van der Waals surface area contributed by atoms with Crippen LogP contribution in [0.4, 0.5) is 11.6 Å². The first kappa shape index (κ1) is 20.2. The number of ether oxygens (including phenoxy) is 1. The summed E-state index contributed by atoms with van der Waals surface area (Å²) in [6.45, 7) is 10.8. The summed E-state index contributed by atoms with van der Waals surface area (Å²) in [4.78, 5) is 18.0. The van der Waals surface area contributed by atoms with Gasteiger partial charge in [-0.2, -0.15) is 4.98 Å². The van der Waals surface area contributed by atoms with Crippen molar-refractivity contribution in [1.82, 2.24) is 19.9 Å². The van der Waals surface area contributed by atoms with Crippen molar-refractivity contribution in [2.75, 3.05) is 37.3 Å². The highest BCUT2D eigenvalue weighted by atomic mass is 16.5. The average molecular weight is 409 g/mol. The smallest absolute Gasteiger partial charge is 0.234 e. The number of anilines is 2. The molecule has 2 aromatic heterocycles. The number of nitrogens with two attached hydrogens (primary N) is 1. The molecule has 0 amide bonds. The molecule has 1 saturated heterocycles. The van der Waals surface area contributed by atoms with Crippen LogP contribution in [0.5, 0.6) is 17.4 Å². The Bertz CT molecular complexity index is 1110. The molecule has 158 valence electrons. The first-order valence-corrected chi connectivity index (χ1v) is 10.0. The number of likely N-dealkylation sites (N-methyl/N-ethyl adjacent to an activating group) is 1. The number of fused-ring (bicyclic) bond motifs is 1. The van der Waals surface area contributed by atoms with Crippen LogP contribution in [0.1, 0.15) is 25.0 Å². The third kappa shape index (κ3) is 3.47. The van der Waals surface area contributed by atoms with Crippen LogP contribution in [0.2, 0.25) is 0 Å². The summed E-state index contributed by atoms with van der Waals surface area (Å²) < 4.78 is 6.25. The number of hydrogen-bond donors (Lipinski definition) is 2. The van der Waals surface area contributed by atoms with Crippen LogP contribution in [0.3, 0.4) is 0 Å². The fourth-order valence-electron chi connectivity index (χ4n) is 3.80. The van der Waals surface area contributed by atoms with E-state index >= 15 is 0 Å². The minimum atomic E-state index is 0.0129. The molecule has 30 heavy (non-hydrogen) atoms. The topological polar surface area (TPSA) is 101 Å². The number of rotatable bonds is 3. The van der Waals surface area contributed by atoms with Crippen molar-refractivity contribution in [3.05, 3.63) is 35.7 Å². The Hall–Kier alpha value is -3.13. The quantitative estimate of drug-likeness (QED) is 0.681. The molecule has 1 aliphatic rings. The molecule has 1 aliphatic heterocycles. The summed E-state index contributed by atoms with van der Waals surface area (Å²) in [6.07, 6.45) is 1.45. The standard InChI is InChI=1S/C22H28N6O2/c1-13-6-7-16(29)14(2)19(13)30-21-18-15(24-12-25-20(18)23)10-17(26-21)28-9-8-27(5)22(3,4)11-28/h6-7,10,12,29H,8-9,11H2,1-5H3,(H2,23,24,25). The second kappa shape index (κ2) is 7.28. The van der Waals surface area contributed by atoms with E-state index in [1.54, 1.807) is 6.07 Å².